The Kier molecular flexibility index (Phi) is 3.74. The average molecular weight is 262 g/mol. The maximum Gasteiger partial charge on any atom is 0.308 e. The first kappa shape index (κ1) is 13.0. The SMILES string of the molecule is COc1ccc(-c2nnnn2CC(C)C(=O)O)cc1. The molecule has 1 heterocycles. The minimum atomic E-state index is -0.879. The van der Waals surface area contributed by atoms with Crippen LogP contribution in [0.15, 0.2) is 24.3 Å². The number of aromatic nitrogens is 4. The van der Waals surface area contributed by atoms with E-state index in [1.807, 2.05) is 12.1 Å². The van der Waals surface area contributed by atoms with Gasteiger partial charge in [-0.15, -0.1) is 5.10 Å². The number of hydrogen-bond donors (Lipinski definition) is 1. The molecular formula is C12H14N4O3. The first-order valence-corrected chi connectivity index (χ1v) is 5.75. The summed E-state index contributed by atoms with van der Waals surface area (Å²) >= 11 is 0. The zero-order valence-electron chi connectivity index (χ0n) is 10.6. The number of carboxylic acid groups (broad SMARTS) is 1. The number of methoxy groups -OCH3 is 1. The van der Waals surface area contributed by atoms with Gasteiger partial charge in [-0.1, -0.05) is 6.92 Å². The predicted molar refractivity (Wildman–Crippen MR) is 66.6 cm³/mol. The van der Waals surface area contributed by atoms with E-state index in [1.54, 1.807) is 26.2 Å². The van der Waals surface area contributed by atoms with Crippen LogP contribution in [0.25, 0.3) is 11.4 Å². The van der Waals surface area contributed by atoms with E-state index in [9.17, 15) is 4.79 Å². The molecule has 0 saturated heterocycles. The molecule has 0 fully saturated rings. The quantitative estimate of drug-likeness (QED) is 0.866. The highest BCUT2D eigenvalue weighted by Crippen LogP contribution is 2.20. The van der Waals surface area contributed by atoms with Crippen molar-refractivity contribution in [3.8, 4) is 17.1 Å². The van der Waals surface area contributed by atoms with Crippen molar-refractivity contribution in [2.24, 2.45) is 5.92 Å². The van der Waals surface area contributed by atoms with Crippen molar-refractivity contribution in [3.05, 3.63) is 24.3 Å². The van der Waals surface area contributed by atoms with E-state index < -0.39 is 11.9 Å². The number of nitrogens with zero attached hydrogens (tertiary/aromatic N) is 4. The van der Waals surface area contributed by atoms with Crippen molar-refractivity contribution in [3.63, 3.8) is 0 Å². The fourth-order valence-electron chi connectivity index (χ4n) is 1.61. The van der Waals surface area contributed by atoms with Crippen molar-refractivity contribution >= 4 is 5.97 Å². The van der Waals surface area contributed by atoms with Gasteiger partial charge in [0.25, 0.3) is 0 Å². The van der Waals surface area contributed by atoms with Crippen LogP contribution in [0.1, 0.15) is 6.92 Å². The van der Waals surface area contributed by atoms with E-state index in [4.69, 9.17) is 9.84 Å². The monoisotopic (exact) mass is 262 g/mol. The molecular weight excluding hydrogens is 248 g/mol. The molecule has 1 unspecified atom stereocenters. The Morgan fingerprint density at radius 3 is 2.68 bits per heavy atom. The molecule has 1 aromatic heterocycles. The van der Waals surface area contributed by atoms with E-state index in [-0.39, 0.29) is 6.54 Å². The number of benzene rings is 1. The summed E-state index contributed by atoms with van der Waals surface area (Å²) in [5.41, 5.74) is 0.809. The van der Waals surface area contributed by atoms with E-state index in [0.717, 1.165) is 11.3 Å². The van der Waals surface area contributed by atoms with Crippen LogP contribution in [0.2, 0.25) is 0 Å². The molecule has 0 saturated carbocycles. The number of ether oxygens (including phenoxy) is 1. The summed E-state index contributed by atoms with van der Waals surface area (Å²) in [6.45, 7) is 1.84. The molecule has 2 rings (SSSR count). The molecule has 0 amide bonds. The van der Waals surface area contributed by atoms with Crippen LogP contribution in [-0.4, -0.2) is 38.4 Å². The standard InChI is InChI=1S/C12H14N4O3/c1-8(12(17)18)7-16-11(13-14-15-16)9-3-5-10(19-2)6-4-9/h3-6,8H,7H2,1-2H3,(H,17,18). The lowest BCUT2D eigenvalue weighted by atomic mass is 10.1. The van der Waals surface area contributed by atoms with Gasteiger partial charge in [-0.25, -0.2) is 4.68 Å². The van der Waals surface area contributed by atoms with Gasteiger partial charge in [0, 0.05) is 5.56 Å². The molecule has 7 nitrogen and oxygen atoms in total. The number of tetrazole rings is 1. The molecule has 0 aliphatic carbocycles. The van der Waals surface area contributed by atoms with Gasteiger partial charge < -0.3 is 9.84 Å². The van der Waals surface area contributed by atoms with Gasteiger partial charge in [-0.2, -0.15) is 0 Å². The van der Waals surface area contributed by atoms with Gasteiger partial charge in [-0.3, -0.25) is 4.79 Å². The highest BCUT2D eigenvalue weighted by atomic mass is 16.5. The molecule has 1 atom stereocenters. The van der Waals surface area contributed by atoms with Gasteiger partial charge in [0.05, 0.1) is 19.6 Å². The zero-order chi connectivity index (χ0) is 13.8. The lowest BCUT2D eigenvalue weighted by Gasteiger charge is -2.08. The molecule has 0 aliphatic rings. The Bertz CT molecular complexity index is 565. The fourth-order valence-corrected chi connectivity index (χ4v) is 1.61. The molecule has 1 N–H and O–H groups in total. The van der Waals surface area contributed by atoms with Crippen molar-refractivity contribution in [2.45, 2.75) is 13.5 Å². The molecule has 0 bridgehead atoms. The molecule has 0 radical (unpaired) electrons. The molecule has 7 heteroatoms. The Hall–Kier alpha value is -2.44. The van der Waals surface area contributed by atoms with Crippen LogP contribution < -0.4 is 4.74 Å². The normalized spacial score (nSPS) is 12.1. The summed E-state index contributed by atoms with van der Waals surface area (Å²) < 4.78 is 6.56. The highest BCUT2D eigenvalue weighted by Gasteiger charge is 2.16. The Balaban J connectivity index is 2.25. The molecule has 0 aliphatic heterocycles. The third-order valence-electron chi connectivity index (χ3n) is 2.75. The third kappa shape index (κ3) is 2.87. The molecule has 2 aromatic rings. The number of carbonyl (C=O) groups is 1. The fraction of sp³-hybridized carbons (Fsp3) is 0.333. The Morgan fingerprint density at radius 2 is 2.11 bits per heavy atom. The lowest BCUT2D eigenvalue weighted by molar-refractivity contribution is -0.141. The van der Waals surface area contributed by atoms with Crippen molar-refractivity contribution < 1.29 is 14.6 Å². The Labute approximate surface area is 109 Å². The van der Waals surface area contributed by atoms with Crippen LogP contribution in [0, 0.1) is 5.92 Å². The van der Waals surface area contributed by atoms with Crippen molar-refractivity contribution in [1.82, 2.24) is 20.2 Å². The second kappa shape index (κ2) is 5.47. The second-order valence-corrected chi connectivity index (χ2v) is 4.15. The zero-order valence-corrected chi connectivity index (χ0v) is 10.6. The van der Waals surface area contributed by atoms with Crippen LogP contribution in [0.4, 0.5) is 0 Å². The molecule has 1 aromatic carbocycles. The van der Waals surface area contributed by atoms with Gasteiger partial charge >= 0.3 is 5.97 Å². The smallest absolute Gasteiger partial charge is 0.308 e. The first-order chi connectivity index (χ1) is 9.11. The summed E-state index contributed by atoms with van der Waals surface area (Å²) in [4.78, 5) is 10.9. The minimum absolute atomic E-state index is 0.226. The number of rotatable bonds is 5. The molecule has 19 heavy (non-hydrogen) atoms. The Morgan fingerprint density at radius 1 is 1.42 bits per heavy atom. The topological polar surface area (TPSA) is 90.1 Å². The number of hydrogen-bond acceptors (Lipinski definition) is 5. The first-order valence-electron chi connectivity index (χ1n) is 5.75. The average Bonchev–Trinajstić information content (AvgIpc) is 2.87. The van der Waals surface area contributed by atoms with E-state index in [1.165, 1.54) is 4.68 Å². The van der Waals surface area contributed by atoms with E-state index in [0.29, 0.717) is 5.82 Å². The predicted octanol–water partition coefficient (Wildman–Crippen LogP) is 1.07. The van der Waals surface area contributed by atoms with E-state index in [2.05, 4.69) is 15.5 Å². The summed E-state index contributed by atoms with van der Waals surface area (Å²) in [5, 5.41) is 20.2. The summed E-state index contributed by atoms with van der Waals surface area (Å²) in [6.07, 6.45) is 0. The molecule has 0 spiro atoms. The number of carboxylic acids is 1. The lowest BCUT2D eigenvalue weighted by Crippen LogP contribution is -2.18. The van der Waals surface area contributed by atoms with Crippen LogP contribution in [0.5, 0.6) is 5.75 Å². The van der Waals surface area contributed by atoms with Gasteiger partial charge in [0.2, 0.25) is 0 Å². The highest BCUT2D eigenvalue weighted by molar-refractivity contribution is 5.69. The number of aliphatic carboxylic acids is 1. The van der Waals surface area contributed by atoms with E-state index >= 15 is 0 Å². The summed E-state index contributed by atoms with van der Waals surface area (Å²) in [6, 6.07) is 7.25. The minimum Gasteiger partial charge on any atom is -0.497 e. The second-order valence-electron chi connectivity index (χ2n) is 4.15. The maximum atomic E-state index is 10.9. The van der Waals surface area contributed by atoms with Gasteiger partial charge in [0.15, 0.2) is 5.82 Å². The third-order valence-corrected chi connectivity index (χ3v) is 2.75. The summed E-state index contributed by atoms with van der Waals surface area (Å²) in [7, 11) is 1.59. The maximum absolute atomic E-state index is 10.9. The van der Waals surface area contributed by atoms with Crippen molar-refractivity contribution in [1.29, 1.82) is 0 Å². The van der Waals surface area contributed by atoms with Crippen LogP contribution >= 0.6 is 0 Å². The van der Waals surface area contributed by atoms with Crippen LogP contribution in [-0.2, 0) is 11.3 Å². The van der Waals surface area contributed by atoms with Gasteiger partial charge in [-0.05, 0) is 34.7 Å². The molecule has 100 valence electrons. The largest absolute Gasteiger partial charge is 0.497 e. The summed E-state index contributed by atoms with van der Waals surface area (Å²) in [5.74, 6) is -0.158. The van der Waals surface area contributed by atoms with Gasteiger partial charge in [0.1, 0.15) is 5.75 Å². The van der Waals surface area contributed by atoms with Crippen LogP contribution in [0.3, 0.4) is 0 Å². The van der Waals surface area contributed by atoms with Crippen molar-refractivity contribution in [2.75, 3.05) is 7.11 Å².